The highest BCUT2D eigenvalue weighted by Crippen LogP contribution is 2.32. The predicted molar refractivity (Wildman–Crippen MR) is 113 cm³/mol. The largest absolute Gasteiger partial charge is 0.339 e. The molecule has 6 nitrogen and oxygen atoms in total. The van der Waals surface area contributed by atoms with Crippen molar-refractivity contribution in [3.63, 3.8) is 0 Å². The van der Waals surface area contributed by atoms with Gasteiger partial charge in [0, 0.05) is 39.1 Å². The van der Waals surface area contributed by atoms with E-state index in [2.05, 4.69) is 0 Å². The number of carbonyl (C=O) groups is 1. The average Bonchev–Trinajstić information content (AvgIpc) is 3.34. The second-order valence-electron chi connectivity index (χ2n) is 7.29. The minimum Gasteiger partial charge on any atom is -0.339 e. The third-order valence-electron chi connectivity index (χ3n) is 5.22. The molecular formula is C22H23N3O3S. The number of rotatable bonds is 5. The first-order chi connectivity index (χ1) is 13.9. The van der Waals surface area contributed by atoms with Gasteiger partial charge in [-0.3, -0.25) is 4.79 Å². The molecule has 1 aliphatic heterocycles. The van der Waals surface area contributed by atoms with Crippen molar-refractivity contribution < 1.29 is 13.2 Å². The first kappa shape index (κ1) is 19.4. The molecule has 0 spiro atoms. The second-order valence-corrected chi connectivity index (χ2v) is 9.44. The third kappa shape index (κ3) is 3.59. The number of hydrogen-bond acceptors (Lipinski definition) is 3. The maximum absolute atomic E-state index is 13.3. The molecule has 1 amide bonds. The summed E-state index contributed by atoms with van der Waals surface area (Å²) in [6.07, 6.45) is 2.60. The minimum atomic E-state index is -3.56. The Morgan fingerprint density at radius 1 is 1.03 bits per heavy atom. The molecule has 0 atom stereocenters. The lowest BCUT2D eigenvalue weighted by atomic mass is 10.2. The first-order valence-electron chi connectivity index (χ1n) is 9.44. The van der Waals surface area contributed by atoms with Gasteiger partial charge in [-0.25, -0.2) is 12.7 Å². The summed E-state index contributed by atoms with van der Waals surface area (Å²) in [4.78, 5) is 15.2. The fourth-order valence-corrected chi connectivity index (χ4v) is 4.53. The Labute approximate surface area is 171 Å². The summed E-state index contributed by atoms with van der Waals surface area (Å²) in [6, 6.07) is 18.7. The van der Waals surface area contributed by atoms with Crippen LogP contribution in [0.15, 0.2) is 71.8 Å². The molecule has 0 bridgehead atoms. The van der Waals surface area contributed by atoms with Crippen molar-refractivity contribution in [2.24, 2.45) is 0 Å². The number of nitrogens with zero attached hydrogens (tertiary/aromatic N) is 3. The van der Waals surface area contributed by atoms with E-state index in [1.54, 1.807) is 17.0 Å². The molecule has 0 fully saturated rings. The molecule has 3 aromatic rings. The van der Waals surface area contributed by atoms with Gasteiger partial charge in [-0.05, 0) is 41.8 Å². The van der Waals surface area contributed by atoms with Crippen LogP contribution in [0.25, 0.3) is 0 Å². The van der Waals surface area contributed by atoms with Gasteiger partial charge in [-0.2, -0.15) is 0 Å². The zero-order valence-electron chi connectivity index (χ0n) is 16.4. The molecular weight excluding hydrogens is 386 g/mol. The fourth-order valence-electron chi connectivity index (χ4n) is 3.61. The zero-order valence-corrected chi connectivity index (χ0v) is 17.3. The summed E-state index contributed by atoms with van der Waals surface area (Å²) in [6.45, 7) is 1.14. The van der Waals surface area contributed by atoms with E-state index in [4.69, 9.17) is 0 Å². The second kappa shape index (κ2) is 7.50. The zero-order chi connectivity index (χ0) is 20.6. The summed E-state index contributed by atoms with van der Waals surface area (Å²) < 4.78 is 28.1. The number of carbonyl (C=O) groups excluding carboxylic acids is 1. The molecule has 2 aromatic carbocycles. The minimum absolute atomic E-state index is 0.121. The van der Waals surface area contributed by atoms with E-state index < -0.39 is 10.0 Å². The van der Waals surface area contributed by atoms with Gasteiger partial charge in [-0.1, -0.05) is 36.4 Å². The van der Waals surface area contributed by atoms with Crippen molar-refractivity contribution in [2.75, 3.05) is 25.5 Å². The van der Waals surface area contributed by atoms with Gasteiger partial charge in [0.05, 0.1) is 4.90 Å². The van der Waals surface area contributed by atoms with Gasteiger partial charge < -0.3 is 9.47 Å². The Morgan fingerprint density at radius 3 is 2.52 bits per heavy atom. The highest BCUT2D eigenvalue weighted by Gasteiger charge is 2.29. The smallest absolute Gasteiger partial charge is 0.274 e. The standard InChI is InChI=1S/C22H23N3O3S/c1-23(2)29(27,28)19-11-10-18-12-14-25(21(18)15-19)22(26)20-9-6-13-24(20)16-17-7-4-3-5-8-17/h3-11,13,15H,12,14,16H2,1-2H3. The summed E-state index contributed by atoms with van der Waals surface area (Å²) in [5, 5.41) is 0. The molecule has 7 heteroatoms. The van der Waals surface area contributed by atoms with Crippen LogP contribution >= 0.6 is 0 Å². The van der Waals surface area contributed by atoms with Crippen LogP contribution in [0.5, 0.6) is 0 Å². The summed E-state index contributed by atoms with van der Waals surface area (Å²) >= 11 is 0. The molecule has 0 saturated carbocycles. The molecule has 0 N–H and O–H groups in total. The van der Waals surface area contributed by atoms with Crippen molar-refractivity contribution in [2.45, 2.75) is 17.9 Å². The SMILES string of the molecule is CN(C)S(=O)(=O)c1ccc2c(c1)N(C(=O)c1cccn1Cc1ccccc1)CC2. The van der Waals surface area contributed by atoms with Gasteiger partial charge in [0.1, 0.15) is 5.69 Å². The van der Waals surface area contributed by atoms with Crippen molar-refractivity contribution >= 4 is 21.6 Å². The van der Waals surface area contributed by atoms with Crippen molar-refractivity contribution in [1.29, 1.82) is 0 Å². The maximum atomic E-state index is 13.3. The summed E-state index contributed by atoms with van der Waals surface area (Å²) in [7, 11) is -0.556. The summed E-state index contributed by atoms with van der Waals surface area (Å²) in [5.41, 5.74) is 3.35. The monoisotopic (exact) mass is 409 g/mol. The number of hydrogen-bond donors (Lipinski definition) is 0. The van der Waals surface area contributed by atoms with E-state index >= 15 is 0 Å². The predicted octanol–water partition coefficient (Wildman–Crippen LogP) is 2.99. The van der Waals surface area contributed by atoms with Gasteiger partial charge >= 0.3 is 0 Å². The van der Waals surface area contributed by atoms with E-state index in [-0.39, 0.29) is 10.8 Å². The molecule has 2 heterocycles. The van der Waals surface area contributed by atoms with Gasteiger partial charge in [0.2, 0.25) is 10.0 Å². The van der Waals surface area contributed by atoms with Crippen LogP contribution in [0, 0.1) is 0 Å². The number of aromatic nitrogens is 1. The number of amides is 1. The fraction of sp³-hybridized carbons (Fsp3) is 0.227. The molecule has 0 unspecified atom stereocenters. The number of sulfonamides is 1. The van der Waals surface area contributed by atoms with E-state index in [0.29, 0.717) is 30.9 Å². The Hall–Kier alpha value is -2.90. The van der Waals surface area contributed by atoms with Gasteiger partial charge in [0.15, 0.2) is 0 Å². The molecule has 4 rings (SSSR count). The molecule has 150 valence electrons. The van der Waals surface area contributed by atoms with Crippen LogP contribution in [-0.4, -0.2) is 43.8 Å². The van der Waals surface area contributed by atoms with E-state index in [0.717, 1.165) is 11.1 Å². The van der Waals surface area contributed by atoms with Crippen LogP contribution in [-0.2, 0) is 23.0 Å². The topological polar surface area (TPSA) is 62.6 Å². The molecule has 0 aliphatic carbocycles. The van der Waals surface area contributed by atoms with Crippen LogP contribution < -0.4 is 4.90 Å². The molecule has 0 radical (unpaired) electrons. The Bertz CT molecular complexity index is 1150. The molecule has 1 aliphatic rings. The lowest BCUT2D eigenvalue weighted by Crippen LogP contribution is -2.31. The normalized spacial score (nSPS) is 13.7. The van der Waals surface area contributed by atoms with Crippen LogP contribution in [0.3, 0.4) is 0 Å². The summed E-state index contributed by atoms with van der Waals surface area (Å²) in [5.74, 6) is -0.121. The highest BCUT2D eigenvalue weighted by atomic mass is 32.2. The number of fused-ring (bicyclic) bond motifs is 1. The van der Waals surface area contributed by atoms with Crippen LogP contribution in [0.1, 0.15) is 21.6 Å². The van der Waals surface area contributed by atoms with Crippen molar-refractivity contribution in [3.8, 4) is 0 Å². The Morgan fingerprint density at radius 2 is 1.79 bits per heavy atom. The van der Waals surface area contributed by atoms with E-state index in [9.17, 15) is 13.2 Å². The van der Waals surface area contributed by atoms with Crippen molar-refractivity contribution in [1.82, 2.24) is 8.87 Å². The quantitative estimate of drug-likeness (QED) is 0.651. The average molecular weight is 410 g/mol. The molecule has 29 heavy (non-hydrogen) atoms. The van der Waals surface area contributed by atoms with Gasteiger partial charge in [0.25, 0.3) is 5.91 Å². The highest BCUT2D eigenvalue weighted by molar-refractivity contribution is 7.89. The van der Waals surface area contributed by atoms with Crippen LogP contribution in [0.4, 0.5) is 5.69 Å². The van der Waals surface area contributed by atoms with E-state index in [1.165, 1.54) is 18.4 Å². The van der Waals surface area contributed by atoms with Crippen LogP contribution in [0.2, 0.25) is 0 Å². The van der Waals surface area contributed by atoms with Gasteiger partial charge in [-0.15, -0.1) is 0 Å². The lowest BCUT2D eigenvalue weighted by molar-refractivity contribution is 0.0981. The number of benzene rings is 2. The molecule has 1 aromatic heterocycles. The molecule has 0 saturated heterocycles. The first-order valence-corrected chi connectivity index (χ1v) is 10.9. The maximum Gasteiger partial charge on any atom is 0.274 e. The van der Waals surface area contributed by atoms with E-state index in [1.807, 2.05) is 59.3 Å². The Kier molecular flexibility index (Phi) is 5.02. The third-order valence-corrected chi connectivity index (χ3v) is 7.03. The lowest BCUT2D eigenvalue weighted by Gasteiger charge is -2.20. The Balaban J connectivity index is 1.66. The van der Waals surface area contributed by atoms with Crippen molar-refractivity contribution in [3.05, 3.63) is 83.7 Å². The number of anilines is 1.